The maximum atomic E-state index is 10.9. The van der Waals surface area contributed by atoms with Crippen LogP contribution in [0, 0.1) is 21.4 Å². The first-order chi connectivity index (χ1) is 9.10. The summed E-state index contributed by atoms with van der Waals surface area (Å²) in [6, 6.07) is 8.67. The van der Waals surface area contributed by atoms with Gasteiger partial charge in [0.2, 0.25) is 0 Å². The summed E-state index contributed by atoms with van der Waals surface area (Å²) in [5, 5.41) is 24.4. The van der Waals surface area contributed by atoms with Crippen LogP contribution in [-0.2, 0) is 6.54 Å². The second-order valence-electron chi connectivity index (χ2n) is 3.69. The van der Waals surface area contributed by atoms with Crippen molar-refractivity contribution in [1.82, 2.24) is 0 Å². The molecule has 7 heteroatoms. The highest BCUT2D eigenvalue weighted by molar-refractivity contribution is 9.10. The van der Waals surface area contributed by atoms with Crippen molar-refractivity contribution in [3.63, 3.8) is 0 Å². The van der Waals surface area contributed by atoms with E-state index >= 15 is 0 Å². The summed E-state index contributed by atoms with van der Waals surface area (Å²) in [5.74, 6) is 0. The van der Waals surface area contributed by atoms with Gasteiger partial charge in [0.1, 0.15) is 11.8 Å². The molecule has 0 amide bonds. The Hall–Kier alpha value is -1.91. The molecule has 0 unspecified atom stereocenters. The first-order valence-electron chi connectivity index (χ1n) is 5.25. The molecule has 1 aromatic heterocycles. The number of anilines is 1. The zero-order valence-electron chi connectivity index (χ0n) is 9.59. The van der Waals surface area contributed by atoms with Crippen LogP contribution in [0.15, 0.2) is 34.1 Å². The van der Waals surface area contributed by atoms with Crippen molar-refractivity contribution in [3.8, 4) is 6.07 Å². The summed E-state index contributed by atoms with van der Waals surface area (Å²) >= 11 is 4.65. The van der Waals surface area contributed by atoms with Crippen molar-refractivity contribution in [2.45, 2.75) is 6.54 Å². The Labute approximate surface area is 121 Å². The molecule has 0 aliphatic carbocycles. The summed E-state index contributed by atoms with van der Waals surface area (Å²) in [7, 11) is 0. The topological polar surface area (TPSA) is 79.0 Å². The van der Waals surface area contributed by atoms with E-state index in [0.29, 0.717) is 22.3 Å². The molecule has 0 bridgehead atoms. The summed E-state index contributed by atoms with van der Waals surface area (Å²) in [4.78, 5) is 11.5. The lowest BCUT2D eigenvalue weighted by Gasteiger charge is -2.05. The first-order valence-corrected chi connectivity index (χ1v) is 6.92. The smallest absolute Gasteiger partial charge is 0.293 e. The third kappa shape index (κ3) is 3.30. The predicted octanol–water partition coefficient (Wildman–Crippen LogP) is 3.90. The van der Waals surface area contributed by atoms with E-state index in [1.807, 2.05) is 0 Å². The molecule has 0 fully saturated rings. The van der Waals surface area contributed by atoms with Gasteiger partial charge in [-0.25, -0.2) is 0 Å². The summed E-state index contributed by atoms with van der Waals surface area (Å²) in [5.41, 5.74) is 1.08. The van der Waals surface area contributed by atoms with Gasteiger partial charge in [0.25, 0.3) is 5.69 Å². The van der Waals surface area contributed by atoms with Crippen molar-refractivity contribution >= 4 is 38.6 Å². The van der Waals surface area contributed by atoms with Crippen molar-refractivity contribution in [3.05, 3.63) is 54.7 Å². The Morgan fingerprint density at radius 3 is 2.89 bits per heavy atom. The third-order valence-electron chi connectivity index (χ3n) is 2.39. The van der Waals surface area contributed by atoms with Crippen LogP contribution in [-0.4, -0.2) is 4.92 Å². The summed E-state index contributed by atoms with van der Waals surface area (Å²) < 4.78 is 0.660. The van der Waals surface area contributed by atoms with Gasteiger partial charge >= 0.3 is 0 Å². The highest BCUT2D eigenvalue weighted by Crippen LogP contribution is 2.28. The number of rotatable bonds is 4. The SMILES string of the molecule is N#Cc1csc(CNc2ccc(Br)cc2[N+](=O)[O-])c1. The average molecular weight is 338 g/mol. The largest absolute Gasteiger partial charge is 0.375 e. The van der Waals surface area contributed by atoms with Gasteiger partial charge in [-0.3, -0.25) is 10.1 Å². The van der Waals surface area contributed by atoms with E-state index in [1.54, 1.807) is 23.6 Å². The number of nitriles is 1. The molecule has 0 aliphatic heterocycles. The van der Waals surface area contributed by atoms with Crippen LogP contribution in [0.3, 0.4) is 0 Å². The van der Waals surface area contributed by atoms with Crippen molar-refractivity contribution in [2.75, 3.05) is 5.32 Å². The standard InChI is InChI=1S/C12H8BrN3O2S/c13-9-1-2-11(12(4-9)16(17)18)15-6-10-3-8(5-14)7-19-10/h1-4,7,15H,6H2. The second-order valence-corrected chi connectivity index (χ2v) is 5.60. The highest BCUT2D eigenvalue weighted by Gasteiger charge is 2.13. The van der Waals surface area contributed by atoms with Crippen LogP contribution < -0.4 is 5.32 Å². The van der Waals surface area contributed by atoms with E-state index in [2.05, 4.69) is 27.3 Å². The Balaban J connectivity index is 2.15. The van der Waals surface area contributed by atoms with Gasteiger partial charge in [-0.1, -0.05) is 15.9 Å². The van der Waals surface area contributed by atoms with E-state index in [4.69, 9.17) is 5.26 Å². The summed E-state index contributed by atoms with van der Waals surface area (Å²) in [6.45, 7) is 0.453. The van der Waals surface area contributed by atoms with Crippen molar-refractivity contribution in [1.29, 1.82) is 5.26 Å². The van der Waals surface area contributed by atoms with Gasteiger partial charge in [0.05, 0.1) is 10.5 Å². The van der Waals surface area contributed by atoms with Crippen molar-refractivity contribution < 1.29 is 4.92 Å². The van der Waals surface area contributed by atoms with Crippen LogP contribution in [0.4, 0.5) is 11.4 Å². The average Bonchev–Trinajstić information content (AvgIpc) is 2.85. The van der Waals surface area contributed by atoms with E-state index in [9.17, 15) is 10.1 Å². The maximum absolute atomic E-state index is 10.9. The molecule has 0 radical (unpaired) electrons. The molecule has 0 saturated heterocycles. The van der Waals surface area contributed by atoms with Crippen LogP contribution >= 0.6 is 27.3 Å². The van der Waals surface area contributed by atoms with E-state index in [-0.39, 0.29) is 5.69 Å². The number of nitrogens with zero attached hydrogens (tertiary/aromatic N) is 2. The fourth-order valence-corrected chi connectivity index (χ4v) is 2.62. The molecule has 0 atom stereocenters. The lowest BCUT2D eigenvalue weighted by Crippen LogP contribution is -2.01. The number of nitro groups is 1. The van der Waals surface area contributed by atoms with Gasteiger partial charge in [-0.05, 0) is 18.2 Å². The zero-order valence-corrected chi connectivity index (χ0v) is 12.0. The normalized spacial score (nSPS) is 9.89. The minimum atomic E-state index is -0.428. The predicted molar refractivity (Wildman–Crippen MR) is 77.2 cm³/mol. The number of halogens is 1. The molecule has 1 N–H and O–H groups in total. The lowest BCUT2D eigenvalue weighted by molar-refractivity contribution is -0.384. The molecule has 1 aromatic carbocycles. The summed E-state index contributed by atoms with van der Waals surface area (Å²) in [6.07, 6.45) is 0. The minimum absolute atomic E-state index is 0.0198. The molecular weight excluding hydrogens is 330 g/mol. The van der Waals surface area contributed by atoms with Gasteiger partial charge in [0, 0.05) is 27.3 Å². The van der Waals surface area contributed by atoms with E-state index < -0.39 is 4.92 Å². The molecule has 5 nitrogen and oxygen atoms in total. The fourth-order valence-electron chi connectivity index (χ4n) is 1.52. The molecule has 2 aromatic rings. The van der Waals surface area contributed by atoms with Gasteiger partial charge in [-0.15, -0.1) is 11.3 Å². The molecule has 0 spiro atoms. The van der Waals surface area contributed by atoms with E-state index in [0.717, 1.165) is 4.88 Å². The molecule has 96 valence electrons. The molecule has 0 saturated carbocycles. The molecule has 0 aliphatic rings. The van der Waals surface area contributed by atoms with Crippen LogP contribution in [0.25, 0.3) is 0 Å². The highest BCUT2D eigenvalue weighted by atomic mass is 79.9. The monoisotopic (exact) mass is 337 g/mol. The van der Waals surface area contributed by atoms with Crippen molar-refractivity contribution in [2.24, 2.45) is 0 Å². The van der Waals surface area contributed by atoms with E-state index in [1.165, 1.54) is 17.4 Å². The number of nitrogens with one attached hydrogen (secondary N) is 1. The van der Waals surface area contributed by atoms with Gasteiger partial charge in [-0.2, -0.15) is 5.26 Å². The molecular formula is C12H8BrN3O2S. The number of hydrogen-bond acceptors (Lipinski definition) is 5. The van der Waals surface area contributed by atoms with Gasteiger partial charge < -0.3 is 5.32 Å². The van der Waals surface area contributed by atoms with Crippen LogP contribution in [0.5, 0.6) is 0 Å². The number of benzene rings is 1. The second kappa shape index (κ2) is 5.82. The quantitative estimate of drug-likeness (QED) is 0.677. The number of nitro benzene ring substituents is 1. The van der Waals surface area contributed by atoms with Gasteiger partial charge in [0.15, 0.2) is 0 Å². The number of thiophene rings is 1. The molecule has 19 heavy (non-hydrogen) atoms. The Morgan fingerprint density at radius 1 is 1.47 bits per heavy atom. The third-order valence-corrected chi connectivity index (χ3v) is 3.82. The Bertz CT molecular complexity index is 663. The lowest BCUT2D eigenvalue weighted by atomic mass is 10.2. The van der Waals surface area contributed by atoms with Crippen LogP contribution in [0.2, 0.25) is 0 Å². The Morgan fingerprint density at radius 2 is 2.26 bits per heavy atom. The molecule has 1 heterocycles. The number of hydrogen-bond donors (Lipinski definition) is 1. The maximum Gasteiger partial charge on any atom is 0.293 e. The molecule has 2 rings (SSSR count). The van der Waals surface area contributed by atoms with Crippen LogP contribution in [0.1, 0.15) is 10.4 Å². The first kappa shape index (κ1) is 13.5. The minimum Gasteiger partial charge on any atom is -0.375 e. The Kier molecular flexibility index (Phi) is 4.14. The fraction of sp³-hybridized carbons (Fsp3) is 0.0833. The zero-order chi connectivity index (χ0) is 13.8.